The maximum Gasteiger partial charge on any atom is 0.433 e. The number of anilines is 1. The van der Waals surface area contributed by atoms with Gasteiger partial charge in [0.1, 0.15) is 11.6 Å². The molecule has 0 aliphatic heterocycles. The van der Waals surface area contributed by atoms with Crippen LogP contribution < -0.4 is 15.6 Å². The molecular formula is C20H19F3N4O4. The third-order valence-corrected chi connectivity index (χ3v) is 4.57. The van der Waals surface area contributed by atoms with Crippen molar-refractivity contribution in [2.45, 2.75) is 26.1 Å². The van der Waals surface area contributed by atoms with Crippen molar-refractivity contribution in [2.75, 3.05) is 19.5 Å². The summed E-state index contributed by atoms with van der Waals surface area (Å²) in [5.74, 6) is -0.197. The van der Waals surface area contributed by atoms with Gasteiger partial charge in [-0.3, -0.25) is 4.79 Å². The van der Waals surface area contributed by atoms with Gasteiger partial charge in [0.2, 0.25) is 0 Å². The number of carbonyl (C=O) groups is 1. The van der Waals surface area contributed by atoms with Crippen LogP contribution in [0.1, 0.15) is 40.4 Å². The number of halogens is 3. The van der Waals surface area contributed by atoms with E-state index in [4.69, 9.17) is 4.74 Å². The first-order valence-electron chi connectivity index (χ1n) is 9.06. The summed E-state index contributed by atoms with van der Waals surface area (Å²) in [4.78, 5) is 33.9. The van der Waals surface area contributed by atoms with Crippen LogP contribution in [0.3, 0.4) is 0 Å². The summed E-state index contributed by atoms with van der Waals surface area (Å²) in [6.45, 7) is 2.94. The molecule has 2 N–H and O–H groups in total. The molecule has 11 heteroatoms. The van der Waals surface area contributed by atoms with Crippen molar-refractivity contribution < 1.29 is 27.4 Å². The maximum absolute atomic E-state index is 13.7. The van der Waals surface area contributed by atoms with Gasteiger partial charge in [0.05, 0.1) is 36.9 Å². The van der Waals surface area contributed by atoms with E-state index in [0.717, 1.165) is 6.07 Å². The third kappa shape index (κ3) is 4.44. The van der Waals surface area contributed by atoms with Crippen LogP contribution in [0.15, 0.2) is 29.1 Å². The molecule has 2 heterocycles. The second kappa shape index (κ2) is 8.25. The van der Waals surface area contributed by atoms with Gasteiger partial charge in [0, 0.05) is 5.56 Å². The van der Waals surface area contributed by atoms with Gasteiger partial charge >= 0.3 is 12.1 Å². The van der Waals surface area contributed by atoms with Crippen molar-refractivity contribution in [3.8, 4) is 5.75 Å². The smallest absolute Gasteiger partial charge is 0.433 e. The number of benzene rings is 1. The Balaban J connectivity index is 2.09. The lowest BCUT2D eigenvalue weighted by molar-refractivity contribution is -0.141. The molecule has 0 saturated heterocycles. The van der Waals surface area contributed by atoms with Crippen molar-refractivity contribution in [1.82, 2.24) is 15.0 Å². The van der Waals surface area contributed by atoms with Crippen LogP contribution in [0.4, 0.5) is 18.9 Å². The van der Waals surface area contributed by atoms with Crippen LogP contribution in [-0.4, -0.2) is 35.1 Å². The number of aromatic nitrogens is 3. The predicted octanol–water partition coefficient (Wildman–Crippen LogP) is 3.61. The molecule has 0 aliphatic carbocycles. The van der Waals surface area contributed by atoms with Crippen LogP contribution in [0.2, 0.25) is 0 Å². The number of nitrogens with one attached hydrogen (secondary N) is 2. The molecule has 0 saturated carbocycles. The van der Waals surface area contributed by atoms with Gasteiger partial charge in [-0.25, -0.2) is 14.8 Å². The van der Waals surface area contributed by atoms with Gasteiger partial charge in [-0.05, 0) is 38.1 Å². The minimum atomic E-state index is -4.77. The summed E-state index contributed by atoms with van der Waals surface area (Å²) in [6, 6.07) is 4.54. The lowest BCUT2D eigenvalue weighted by Gasteiger charge is -2.21. The summed E-state index contributed by atoms with van der Waals surface area (Å²) in [6.07, 6.45) is -4.77. The van der Waals surface area contributed by atoms with Crippen LogP contribution in [0.25, 0.3) is 11.0 Å². The highest BCUT2D eigenvalue weighted by Gasteiger charge is 2.37. The molecule has 3 aromatic rings. The summed E-state index contributed by atoms with van der Waals surface area (Å²) in [5.41, 5.74) is -1.71. The Morgan fingerprint density at radius 3 is 2.52 bits per heavy atom. The Morgan fingerprint density at radius 1 is 1.19 bits per heavy atom. The van der Waals surface area contributed by atoms with E-state index in [1.165, 1.54) is 46.3 Å². The fourth-order valence-corrected chi connectivity index (χ4v) is 3.11. The van der Waals surface area contributed by atoms with Gasteiger partial charge in [-0.1, -0.05) is 0 Å². The topological polar surface area (TPSA) is 106 Å². The minimum Gasteiger partial charge on any atom is -0.495 e. The Hall–Kier alpha value is -3.63. The number of esters is 1. The number of nitrogens with zero attached hydrogens (tertiary/aromatic N) is 2. The van der Waals surface area contributed by atoms with Gasteiger partial charge in [-0.2, -0.15) is 13.2 Å². The number of methoxy groups -OCH3 is 2. The number of H-pyrrole nitrogens is 1. The molecule has 0 aliphatic rings. The Bertz CT molecular complexity index is 1210. The number of pyridine rings is 1. The molecule has 0 amide bonds. The summed E-state index contributed by atoms with van der Waals surface area (Å²) in [7, 11) is 2.59. The molecular weight excluding hydrogens is 417 g/mol. The number of ether oxygens (including phenoxy) is 2. The third-order valence-electron chi connectivity index (χ3n) is 4.57. The molecule has 3 rings (SSSR count). The standard InChI is InChI=1S/C20H19F3N4O4/c1-9(24-14-6-5-11(19(29)31-4)7-15(14)30-3)12-8-13-17(25-10(2)26-18(13)28)27-16(12)20(21,22)23/h5-9,24H,1-4H3,(H,25,26,27,28)/t9-/m1/s1. The zero-order valence-electron chi connectivity index (χ0n) is 17.0. The van der Waals surface area contributed by atoms with Crippen LogP contribution in [0, 0.1) is 6.92 Å². The lowest BCUT2D eigenvalue weighted by Crippen LogP contribution is -2.20. The number of aromatic amines is 1. The maximum atomic E-state index is 13.7. The van der Waals surface area contributed by atoms with Crippen LogP contribution in [-0.2, 0) is 10.9 Å². The first-order valence-corrected chi connectivity index (χ1v) is 9.06. The van der Waals surface area contributed by atoms with E-state index in [9.17, 15) is 22.8 Å². The Labute approximate surface area is 174 Å². The fourth-order valence-electron chi connectivity index (χ4n) is 3.11. The number of carbonyl (C=O) groups excluding carboxylic acids is 1. The normalized spacial score (nSPS) is 12.5. The van der Waals surface area contributed by atoms with Crippen molar-refractivity contribution in [2.24, 2.45) is 0 Å². The van der Waals surface area contributed by atoms with Crippen LogP contribution in [0.5, 0.6) is 5.75 Å². The van der Waals surface area contributed by atoms with Gasteiger partial charge in [0.15, 0.2) is 11.3 Å². The number of alkyl halides is 3. The molecule has 0 bridgehead atoms. The lowest BCUT2D eigenvalue weighted by atomic mass is 10.0. The largest absolute Gasteiger partial charge is 0.495 e. The minimum absolute atomic E-state index is 0.0599. The van der Waals surface area contributed by atoms with E-state index in [-0.39, 0.29) is 33.7 Å². The van der Waals surface area contributed by atoms with Gasteiger partial charge < -0.3 is 19.8 Å². The molecule has 31 heavy (non-hydrogen) atoms. The monoisotopic (exact) mass is 436 g/mol. The predicted molar refractivity (Wildman–Crippen MR) is 106 cm³/mol. The number of fused-ring (bicyclic) bond motifs is 1. The van der Waals surface area contributed by atoms with Crippen molar-refractivity contribution in [3.63, 3.8) is 0 Å². The number of hydrogen-bond acceptors (Lipinski definition) is 7. The van der Waals surface area contributed by atoms with Crippen LogP contribution >= 0.6 is 0 Å². The zero-order valence-corrected chi connectivity index (χ0v) is 17.0. The molecule has 1 atom stereocenters. The van der Waals surface area contributed by atoms with Gasteiger partial charge in [0.25, 0.3) is 5.56 Å². The van der Waals surface area contributed by atoms with Crippen molar-refractivity contribution in [1.29, 1.82) is 0 Å². The SMILES string of the molecule is COC(=O)c1ccc(N[C@H](C)c2cc3c(=O)[nH]c(C)nc3nc2C(F)(F)F)c(OC)c1. The molecule has 0 radical (unpaired) electrons. The molecule has 0 spiro atoms. The highest BCUT2D eigenvalue weighted by Crippen LogP contribution is 2.36. The quantitative estimate of drug-likeness (QED) is 0.589. The molecule has 8 nitrogen and oxygen atoms in total. The second-order valence-electron chi connectivity index (χ2n) is 6.72. The van der Waals surface area contributed by atoms with E-state index < -0.39 is 29.4 Å². The molecule has 0 unspecified atom stereocenters. The zero-order chi connectivity index (χ0) is 22.9. The van der Waals surface area contributed by atoms with E-state index in [1.54, 1.807) is 0 Å². The molecule has 1 aromatic carbocycles. The van der Waals surface area contributed by atoms with E-state index in [0.29, 0.717) is 5.69 Å². The molecule has 164 valence electrons. The van der Waals surface area contributed by atoms with Crippen molar-refractivity contribution >= 4 is 22.7 Å². The number of rotatable bonds is 5. The summed E-state index contributed by atoms with van der Waals surface area (Å²) >= 11 is 0. The first kappa shape index (κ1) is 22.1. The van der Waals surface area contributed by atoms with E-state index in [1.807, 2.05) is 0 Å². The fraction of sp³-hybridized carbons (Fsp3) is 0.300. The van der Waals surface area contributed by atoms with E-state index in [2.05, 4.69) is 25.0 Å². The highest BCUT2D eigenvalue weighted by atomic mass is 19.4. The highest BCUT2D eigenvalue weighted by molar-refractivity contribution is 5.90. The summed E-state index contributed by atoms with van der Waals surface area (Å²) < 4.78 is 51.1. The van der Waals surface area contributed by atoms with Gasteiger partial charge in [-0.15, -0.1) is 0 Å². The average Bonchev–Trinajstić information content (AvgIpc) is 2.71. The molecule has 2 aromatic heterocycles. The first-order chi connectivity index (χ1) is 14.5. The molecule has 0 fully saturated rings. The Kier molecular flexibility index (Phi) is 5.87. The number of aryl methyl sites for hydroxylation is 1. The van der Waals surface area contributed by atoms with E-state index >= 15 is 0 Å². The van der Waals surface area contributed by atoms with Crippen molar-refractivity contribution in [3.05, 3.63) is 57.3 Å². The average molecular weight is 436 g/mol. The summed E-state index contributed by atoms with van der Waals surface area (Å²) in [5, 5.41) is 2.86. The second-order valence-corrected chi connectivity index (χ2v) is 6.72. The Morgan fingerprint density at radius 2 is 1.90 bits per heavy atom. The number of hydrogen-bond donors (Lipinski definition) is 2.